The van der Waals surface area contributed by atoms with Crippen LogP contribution in [0.15, 0.2) is 12.1 Å². The summed E-state index contributed by atoms with van der Waals surface area (Å²) in [6, 6.07) is 5.76. The van der Waals surface area contributed by atoms with Gasteiger partial charge in [0.05, 0.1) is 0 Å². The van der Waals surface area contributed by atoms with Gasteiger partial charge < -0.3 is 5.32 Å². The lowest BCUT2D eigenvalue weighted by Gasteiger charge is -2.19. The highest BCUT2D eigenvalue weighted by Crippen LogP contribution is 2.27. The van der Waals surface area contributed by atoms with Crippen molar-refractivity contribution in [3.05, 3.63) is 38.9 Å². The number of hydrogen-bond acceptors (Lipinski definition) is 3. The van der Waals surface area contributed by atoms with Crippen molar-refractivity contribution in [2.75, 3.05) is 5.32 Å². The summed E-state index contributed by atoms with van der Waals surface area (Å²) in [6.07, 6.45) is 1.54. The third-order valence-electron chi connectivity index (χ3n) is 2.83. The molecule has 0 saturated carbocycles. The van der Waals surface area contributed by atoms with E-state index in [2.05, 4.69) is 11.2 Å². The summed E-state index contributed by atoms with van der Waals surface area (Å²) in [6.45, 7) is 1.91. The normalized spacial score (nSPS) is 13.1. The van der Waals surface area contributed by atoms with Crippen molar-refractivity contribution in [2.24, 2.45) is 0 Å². The van der Waals surface area contributed by atoms with E-state index in [0.717, 1.165) is 22.4 Å². The van der Waals surface area contributed by atoms with E-state index < -0.39 is 4.92 Å². The lowest BCUT2D eigenvalue weighted by Crippen LogP contribution is -2.20. The number of carbonyl (C=O) groups is 1. The molecule has 0 fully saturated rings. The SMILES string of the molecule is Cc1cc(CC#C[N+](=O)[O-])cc2c1NC(=O)CC2. The zero-order valence-corrected chi connectivity index (χ0v) is 9.95. The number of benzene rings is 1. The van der Waals surface area contributed by atoms with Gasteiger partial charge >= 0.3 is 0 Å². The van der Waals surface area contributed by atoms with Gasteiger partial charge in [-0.05, 0) is 36.0 Å². The Balaban J connectivity index is 2.26. The van der Waals surface area contributed by atoms with Gasteiger partial charge in [0.25, 0.3) is 6.04 Å². The van der Waals surface area contributed by atoms with Crippen LogP contribution < -0.4 is 5.32 Å². The summed E-state index contributed by atoms with van der Waals surface area (Å²) in [7, 11) is 0. The molecule has 0 atom stereocenters. The molecule has 0 radical (unpaired) electrons. The van der Waals surface area contributed by atoms with E-state index in [9.17, 15) is 14.9 Å². The van der Waals surface area contributed by atoms with Crippen LogP contribution in [0.25, 0.3) is 0 Å². The Labute approximate surface area is 104 Å². The molecule has 0 unspecified atom stereocenters. The van der Waals surface area contributed by atoms with Gasteiger partial charge in [-0.3, -0.25) is 4.79 Å². The van der Waals surface area contributed by atoms with Crippen LogP contribution in [0, 0.1) is 29.0 Å². The molecule has 2 rings (SSSR count). The van der Waals surface area contributed by atoms with Gasteiger partial charge in [-0.2, -0.15) is 0 Å². The van der Waals surface area contributed by atoms with Crippen LogP contribution in [0.1, 0.15) is 23.1 Å². The molecule has 1 aromatic rings. The fourth-order valence-corrected chi connectivity index (χ4v) is 2.08. The number of nitrogens with zero attached hydrogens (tertiary/aromatic N) is 1. The highest BCUT2D eigenvalue weighted by Gasteiger charge is 2.16. The van der Waals surface area contributed by atoms with Crippen LogP contribution in [0.5, 0.6) is 0 Å². The minimum absolute atomic E-state index is 0.0338. The maximum Gasteiger partial charge on any atom is 0.290 e. The van der Waals surface area contributed by atoms with Crippen molar-refractivity contribution in [3.63, 3.8) is 0 Å². The van der Waals surface area contributed by atoms with E-state index in [1.165, 1.54) is 0 Å². The van der Waals surface area contributed by atoms with Crippen molar-refractivity contribution >= 4 is 11.6 Å². The van der Waals surface area contributed by atoms with Crippen molar-refractivity contribution in [3.8, 4) is 12.0 Å². The number of hydrogen-bond donors (Lipinski definition) is 1. The van der Waals surface area contributed by atoms with Gasteiger partial charge in [0.1, 0.15) is 4.92 Å². The molecule has 0 aliphatic carbocycles. The van der Waals surface area contributed by atoms with Crippen LogP contribution >= 0.6 is 0 Å². The number of nitrogens with one attached hydrogen (secondary N) is 1. The van der Waals surface area contributed by atoms with E-state index in [-0.39, 0.29) is 5.91 Å². The molecule has 1 aliphatic heterocycles. The summed E-state index contributed by atoms with van der Waals surface area (Å²) >= 11 is 0. The molecule has 5 heteroatoms. The van der Waals surface area contributed by atoms with E-state index in [4.69, 9.17) is 0 Å². The Morgan fingerprint density at radius 1 is 1.44 bits per heavy atom. The monoisotopic (exact) mass is 244 g/mol. The maximum absolute atomic E-state index is 11.3. The van der Waals surface area contributed by atoms with E-state index >= 15 is 0 Å². The molecule has 1 heterocycles. The second kappa shape index (κ2) is 4.88. The molecule has 1 aromatic carbocycles. The van der Waals surface area contributed by atoms with Gasteiger partial charge in [-0.1, -0.05) is 12.1 Å². The molecule has 1 amide bonds. The molecule has 0 aromatic heterocycles. The lowest BCUT2D eigenvalue weighted by atomic mass is 9.96. The van der Waals surface area contributed by atoms with Crippen molar-refractivity contribution < 1.29 is 9.72 Å². The van der Waals surface area contributed by atoms with Crippen LogP contribution in [-0.2, 0) is 17.6 Å². The van der Waals surface area contributed by atoms with Gasteiger partial charge in [0.2, 0.25) is 5.91 Å². The second-order valence-electron chi connectivity index (χ2n) is 4.22. The fraction of sp³-hybridized carbons (Fsp3) is 0.308. The Morgan fingerprint density at radius 2 is 2.22 bits per heavy atom. The molecule has 1 N–H and O–H groups in total. The zero-order chi connectivity index (χ0) is 13.1. The van der Waals surface area contributed by atoms with Crippen LogP contribution in [0.2, 0.25) is 0 Å². The van der Waals surface area contributed by atoms with Crippen LogP contribution in [0.3, 0.4) is 0 Å². The number of fused-ring (bicyclic) bond motifs is 1. The lowest BCUT2D eigenvalue weighted by molar-refractivity contribution is -0.379. The van der Waals surface area contributed by atoms with Gasteiger partial charge in [0, 0.05) is 18.5 Å². The largest absolute Gasteiger partial charge is 0.326 e. The first-order valence-corrected chi connectivity index (χ1v) is 5.61. The zero-order valence-electron chi connectivity index (χ0n) is 9.95. The molecule has 0 bridgehead atoms. The number of amides is 1. The predicted molar refractivity (Wildman–Crippen MR) is 66.6 cm³/mol. The summed E-state index contributed by atoms with van der Waals surface area (Å²) < 4.78 is 0. The summed E-state index contributed by atoms with van der Waals surface area (Å²) in [5, 5.41) is 13.0. The molecular weight excluding hydrogens is 232 g/mol. The Morgan fingerprint density at radius 3 is 2.94 bits per heavy atom. The standard InChI is InChI=1S/C13H12N2O3/c1-9-7-10(3-2-6-15(17)18)8-11-4-5-12(16)14-13(9)11/h7-8H,3-5H2,1H3,(H,14,16). The number of nitro groups is 1. The first-order chi connectivity index (χ1) is 8.56. The average molecular weight is 244 g/mol. The second-order valence-corrected chi connectivity index (χ2v) is 4.22. The molecule has 5 nitrogen and oxygen atoms in total. The Kier molecular flexibility index (Phi) is 3.28. The smallest absolute Gasteiger partial charge is 0.290 e. The molecule has 0 spiro atoms. The van der Waals surface area contributed by atoms with Gasteiger partial charge in [0.15, 0.2) is 0 Å². The van der Waals surface area contributed by atoms with E-state index in [0.29, 0.717) is 19.3 Å². The number of carbonyl (C=O) groups excluding carboxylic acids is 1. The highest BCUT2D eigenvalue weighted by atomic mass is 16.6. The van der Waals surface area contributed by atoms with E-state index in [1.54, 1.807) is 0 Å². The Hall–Kier alpha value is -2.35. The predicted octanol–water partition coefficient (Wildman–Crippen LogP) is 1.66. The average Bonchev–Trinajstić information content (AvgIpc) is 2.30. The number of anilines is 1. The van der Waals surface area contributed by atoms with Crippen molar-refractivity contribution in [2.45, 2.75) is 26.2 Å². The minimum Gasteiger partial charge on any atom is -0.326 e. The number of aryl methyl sites for hydroxylation is 2. The molecular formula is C13H12N2O3. The van der Waals surface area contributed by atoms with Crippen LogP contribution in [0.4, 0.5) is 5.69 Å². The maximum atomic E-state index is 11.3. The molecule has 0 saturated heterocycles. The minimum atomic E-state index is -0.647. The summed E-state index contributed by atoms with van der Waals surface area (Å²) in [4.78, 5) is 20.8. The van der Waals surface area contributed by atoms with Crippen molar-refractivity contribution in [1.82, 2.24) is 0 Å². The molecule has 1 aliphatic rings. The van der Waals surface area contributed by atoms with Crippen LogP contribution in [-0.4, -0.2) is 10.8 Å². The van der Waals surface area contributed by atoms with E-state index in [1.807, 2.05) is 25.1 Å². The highest BCUT2D eigenvalue weighted by molar-refractivity contribution is 5.94. The quantitative estimate of drug-likeness (QED) is 0.353. The Bertz CT molecular complexity index is 582. The third kappa shape index (κ3) is 2.66. The van der Waals surface area contributed by atoms with Gasteiger partial charge in [-0.15, -0.1) is 0 Å². The summed E-state index contributed by atoms with van der Waals surface area (Å²) in [5.74, 6) is 2.54. The summed E-state index contributed by atoms with van der Waals surface area (Å²) in [5.41, 5.74) is 3.86. The molecule has 92 valence electrons. The van der Waals surface area contributed by atoms with Crippen molar-refractivity contribution in [1.29, 1.82) is 0 Å². The first-order valence-electron chi connectivity index (χ1n) is 5.61. The first kappa shape index (κ1) is 12.1. The molecule has 18 heavy (non-hydrogen) atoms. The fourth-order valence-electron chi connectivity index (χ4n) is 2.08. The third-order valence-corrected chi connectivity index (χ3v) is 2.83. The number of rotatable bonds is 1. The topological polar surface area (TPSA) is 72.2 Å². The van der Waals surface area contributed by atoms with Gasteiger partial charge in [-0.25, -0.2) is 10.1 Å².